The zero-order valence-corrected chi connectivity index (χ0v) is 11.6. The summed E-state index contributed by atoms with van der Waals surface area (Å²) < 4.78 is 0. The van der Waals surface area contributed by atoms with E-state index in [1.54, 1.807) is 18.8 Å². The molecule has 0 amide bonds. The smallest absolute Gasteiger partial charge is 0.224 e. The Labute approximate surface area is 106 Å². The highest BCUT2D eigenvalue weighted by Crippen LogP contribution is 2.14. The van der Waals surface area contributed by atoms with Gasteiger partial charge in [-0.05, 0) is 20.1 Å². The molecule has 3 N–H and O–H groups in total. The Bertz CT molecular complexity index is 370. The maximum atomic E-state index is 10.0. The molecule has 96 valence electrons. The van der Waals surface area contributed by atoms with Crippen LogP contribution in [0.5, 0.6) is 0 Å². The van der Waals surface area contributed by atoms with Crippen LogP contribution in [-0.4, -0.2) is 46.3 Å². The minimum absolute atomic E-state index is 0.466. The molecule has 6 heteroatoms. The van der Waals surface area contributed by atoms with Crippen molar-refractivity contribution in [3.63, 3.8) is 0 Å². The van der Waals surface area contributed by atoms with Gasteiger partial charge in [-0.25, -0.2) is 4.98 Å². The number of aliphatic hydroxyl groups is 1. The maximum absolute atomic E-state index is 10.0. The lowest BCUT2D eigenvalue weighted by Gasteiger charge is -2.22. The molecule has 0 saturated heterocycles. The number of hydrogen-bond donors (Lipinski definition) is 3. The van der Waals surface area contributed by atoms with Gasteiger partial charge in [0.05, 0.1) is 5.60 Å². The minimum Gasteiger partial charge on any atom is -0.387 e. The number of nitrogens with one attached hydrogen (secondary N) is 2. The number of thioether (sulfide) groups is 1. The summed E-state index contributed by atoms with van der Waals surface area (Å²) in [5.74, 6) is 1.99. The third-order valence-corrected chi connectivity index (χ3v) is 3.09. The molecular weight excluding hydrogens is 236 g/mol. The zero-order valence-electron chi connectivity index (χ0n) is 10.7. The standard InChI is InChI=1S/C11H20N4OS/c1-8-5-9(15-10(12-3)14-8)13-6-11(2,16)7-17-4/h5,16H,6-7H2,1-4H3,(H2,12,13,14,15). The van der Waals surface area contributed by atoms with Crippen molar-refractivity contribution >= 4 is 23.5 Å². The minimum atomic E-state index is -0.738. The fourth-order valence-corrected chi connectivity index (χ4v) is 2.14. The van der Waals surface area contributed by atoms with Crippen LogP contribution in [0.2, 0.25) is 0 Å². The SMILES string of the molecule is CNc1nc(C)cc(NCC(C)(O)CSC)n1. The first-order valence-corrected chi connectivity index (χ1v) is 6.85. The average molecular weight is 256 g/mol. The normalized spacial score (nSPS) is 14.2. The highest BCUT2D eigenvalue weighted by Gasteiger charge is 2.19. The van der Waals surface area contributed by atoms with Gasteiger partial charge in [0, 0.05) is 31.1 Å². The number of rotatable bonds is 6. The molecule has 1 aromatic rings. The van der Waals surface area contributed by atoms with Crippen molar-refractivity contribution in [1.82, 2.24) is 9.97 Å². The van der Waals surface area contributed by atoms with E-state index in [2.05, 4.69) is 20.6 Å². The Morgan fingerprint density at radius 1 is 1.47 bits per heavy atom. The maximum Gasteiger partial charge on any atom is 0.224 e. The summed E-state index contributed by atoms with van der Waals surface area (Å²) in [4.78, 5) is 8.47. The van der Waals surface area contributed by atoms with Gasteiger partial charge >= 0.3 is 0 Å². The van der Waals surface area contributed by atoms with E-state index < -0.39 is 5.60 Å². The summed E-state index contributed by atoms with van der Waals surface area (Å²) in [6, 6.07) is 1.86. The lowest BCUT2D eigenvalue weighted by atomic mass is 10.1. The summed E-state index contributed by atoms with van der Waals surface area (Å²) in [6.07, 6.45) is 1.97. The van der Waals surface area contributed by atoms with Crippen LogP contribution in [0.1, 0.15) is 12.6 Å². The van der Waals surface area contributed by atoms with Gasteiger partial charge in [-0.1, -0.05) is 0 Å². The summed E-state index contributed by atoms with van der Waals surface area (Å²) in [5.41, 5.74) is 0.148. The molecule has 0 bridgehead atoms. The molecule has 0 saturated carbocycles. The van der Waals surface area contributed by atoms with Crippen molar-refractivity contribution in [2.24, 2.45) is 0 Å². The van der Waals surface area contributed by atoms with E-state index in [1.807, 2.05) is 26.2 Å². The van der Waals surface area contributed by atoms with Gasteiger partial charge in [0.15, 0.2) is 0 Å². The molecule has 1 aromatic heterocycles. The first-order chi connectivity index (χ1) is 7.96. The Hall–Kier alpha value is -1.01. The number of aryl methyl sites for hydroxylation is 1. The van der Waals surface area contributed by atoms with E-state index in [4.69, 9.17) is 0 Å². The lowest BCUT2D eigenvalue weighted by Crippen LogP contribution is -2.36. The molecule has 5 nitrogen and oxygen atoms in total. The highest BCUT2D eigenvalue weighted by molar-refractivity contribution is 7.98. The number of anilines is 2. The van der Waals surface area contributed by atoms with Crippen molar-refractivity contribution in [2.45, 2.75) is 19.4 Å². The Morgan fingerprint density at radius 3 is 2.76 bits per heavy atom. The van der Waals surface area contributed by atoms with E-state index in [0.717, 1.165) is 11.5 Å². The van der Waals surface area contributed by atoms with Gasteiger partial charge in [0.2, 0.25) is 5.95 Å². The van der Waals surface area contributed by atoms with Crippen LogP contribution in [-0.2, 0) is 0 Å². The molecule has 0 aliphatic rings. The highest BCUT2D eigenvalue weighted by atomic mass is 32.2. The van der Waals surface area contributed by atoms with Gasteiger partial charge in [0.1, 0.15) is 5.82 Å². The van der Waals surface area contributed by atoms with Crippen molar-refractivity contribution in [2.75, 3.05) is 36.2 Å². The average Bonchev–Trinajstić information content (AvgIpc) is 2.26. The summed E-state index contributed by atoms with van der Waals surface area (Å²) in [6.45, 7) is 4.19. The molecule has 1 heterocycles. The number of aromatic nitrogens is 2. The van der Waals surface area contributed by atoms with Crippen LogP contribution in [0.15, 0.2) is 6.07 Å². The van der Waals surface area contributed by atoms with E-state index >= 15 is 0 Å². The molecule has 0 spiro atoms. The van der Waals surface area contributed by atoms with E-state index in [1.165, 1.54) is 0 Å². The Balaban J connectivity index is 2.65. The number of hydrogen-bond acceptors (Lipinski definition) is 6. The van der Waals surface area contributed by atoms with Crippen molar-refractivity contribution < 1.29 is 5.11 Å². The van der Waals surface area contributed by atoms with Gasteiger partial charge in [-0.2, -0.15) is 16.7 Å². The molecular formula is C11H20N4OS. The second kappa shape index (κ2) is 6.07. The van der Waals surface area contributed by atoms with Crippen LogP contribution in [0, 0.1) is 6.92 Å². The molecule has 0 aliphatic heterocycles. The third-order valence-electron chi connectivity index (χ3n) is 2.18. The Kier molecular flexibility index (Phi) is 5.02. The van der Waals surface area contributed by atoms with E-state index in [-0.39, 0.29) is 0 Å². The third kappa shape index (κ3) is 4.79. The number of nitrogens with zero attached hydrogens (tertiary/aromatic N) is 2. The summed E-state index contributed by atoms with van der Waals surface area (Å²) in [7, 11) is 1.78. The van der Waals surface area contributed by atoms with Gasteiger partial charge in [-0.15, -0.1) is 0 Å². The van der Waals surface area contributed by atoms with Crippen LogP contribution in [0.4, 0.5) is 11.8 Å². The monoisotopic (exact) mass is 256 g/mol. The lowest BCUT2D eigenvalue weighted by molar-refractivity contribution is 0.0996. The Morgan fingerprint density at radius 2 is 2.18 bits per heavy atom. The molecule has 1 unspecified atom stereocenters. The van der Waals surface area contributed by atoms with Crippen molar-refractivity contribution in [3.05, 3.63) is 11.8 Å². The van der Waals surface area contributed by atoms with Crippen LogP contribution >= 0.6 is 11.8 Å². The molecule has 0 radical (unpaired) electrons. The first-order valence-electron chi connectivity index (χ1n) is 5.45. The quantitative estimate of drug-likeness (QED) is 0.714. The molecule has 1 atom stereocenters. The molecule has 0 aliphatic carbocycles. The van der Waals surface area contributed by atoms with Crippen LogP contribution in [0.25, 0.3) is 0 Å². The van der Waals surface area contributed by atoms with Crippen LogP contribution in [0.3, 0.4) is 0 Å². The largest absolute Gasteiger partial charge is 0.387 e. The topological polar surface area (TPSA) is 70.1 Å². The van der Waals surface area contributed by atoms with E-state index in [9.17, 15) is 5.11 Å². The zero-order chi connectivity index (χ0) is 12.9. The van der Waals surface area contributed by atoms with Gasteiger partial charge in [-0.3, -0.25) is 0 Å². The molecule has 0 fully saturated rings. The fourth-order valence-electron chi connectivity index (χ4n) is 1.41. The fraction of sp³-hybridized carbons (Fsp3) is 0.636. The summed E-state index contributed by atoms with van der Waals surface area (Å²) >= 11 is 1.62. The van der Waals surface area contributed by atoms with Crippen LogP contribution < -0.4 is 10.6 Å². The second-order valence-electron chi connectivity index (χ2n) is 4.25. The summed E-state index contributed by atoms with van der Waals surface area (Å²) in [5, 5.41) is 16.1. The predicted molar refractivity (Wildman–Crippen MR) is 73.8 cm³/mol. The van der Waals surface area contributed by atoms with E-state index in [0.29, 0.717) is 18.2 Å². The van der Waals surface area contributed by atoms with Gasteiger partial charge in [0.25, 0.3) is 0 Å². The molecule has 1 rings (SSSR count). The van der Waals surface area contributed by atoms with Gasteiger partial charge < -0.3 is 15.7 Å². The molecule has 0 aromatic carbocycles. The van der Waals surface area contributed by atoms with Crippen molar-refractivity contribution in [1.29, 1.82) is 0 Å². The first kappa shape index (κ1) is 14.1. The molecule has 17 heavy (non-hydrogen) atoms. The predicted octanol–water partition coefficient (Wildman–Crippen LogP) is 1.35. The van der Waals surface area contributed by atoms with Crippen molar-refractivity contribution in [3.8, 4) is 0 Å². The second-order valence-corrected chi connectivity index (χ2v) is 5.12.